The molecule has 7 rings (SSSR count). The zero-order chi connectivity index (χ0) is 25.6. The second-order valence-corrected chi connectivity index (χ2v) is 9.78. The standard InChI is InChI=1S/C29H26N6O3/c36-28(33-14-16-38-17-15-33)19-6-8-21(9-7-19)31-26-27-30-11-13-34(27)18-24(32-26)22-2-1-3-25-23(22)10-12-35(25)29(37)20-4-5-20/h1-3,6-13,18,20H,4-5,14-17H2,(H,31,32). The predicted molar refractivity (Wildman–Crippen MR) is 144 cm³/mol. The van der Waals surface area contributed by atoms with Gasteiger partial charge in [-0.2, -0.15) is 0 Å². The van der Waals surface area contributed by atoms with Crippen LogP contribution in [0.15, 0.2) is 73.3 Å². The van der Waals surface area contributed by atoms with Crippen molar-refractivity contribution in [3.05, 3.63) is 78.9 Å². The largest absolute Gasteiger partial charge is 0.378 e. The van der Waals surface area contributed by atoms with Gasteiger partial charge in [0.25, 0.3) is 5.91 Å². The fraction of sp³-hybridized carbons (Fsp3) is 0.241. The summed E-state index contributed by atoms with van der Waals surface area (Å²) in [6.07, 6.45) is 9.37. The number of amides is 1. The summed E-state index contributed by atoms with van der Waals surface area (Å²) >= 11 is 0. The Kier molecular flexibility index (Phi) is 5.44. The number of nitrogens with zero attached hydrogens (tertiary/aromatic N) is 5. The minimum absolute atomic E-state index is 0.0100. The van der Waals surface area contributed by atoms with Crippen LogP contribution in [0.1, 0.15) is 28.0 Å². The van der Waals surface area contributed by atoms with E-state index in [1.54, 1.807) is 10.8 Å². The number of nitrogens with one attached hydrogen (secondary N) is 1. The molecule has 2 aromatic carbocycles. The van der Waals surface area contributed by atoms with Crippen molar-refractivity contribution in [3.8, 4) is 11.3 Å². The van der Waals surface area contributed by atoms with Crippen molar-refractivity contribution in [2.24, 2.45) is 5.92 Å². The van der Waals surface area contributed by atoms with E-state index in [2.05, 4.69) is 10.3 Å². The molecule has 9 heteroatoms. The quantitative estimate of drug-likeness (QED) is 0.374. The van der Waals surface area contributed by atoms with Gasteiger partial charge in [0.05, 0.1) is 24.4 Å². The van der Waals surface area contributed by atoms with Crippen LogP contribution in [0.2, 0.25) is 0 Å². The first-order chi connectivity index (χ1) is 18.7. The summed E-state index contributed by atoms with van der Waals surface area (Å²) in [5, 5.41) is 4.36. The summed E-state index contributed by atoms with van der Waals surface area (Å²) < 4.78 is 9.06. The lowest BCUT2D eigenvalue weighted by Gasteiger charge is -2.26. The van der Waals surface area contributed by atoms with Crippen molar-refractivity contribution >= 4 is 39.9 Å². The van der Waals surface area contributed by atoms with E-state index in [0.717, 1.165) is 40.7 Å². The van der Waals surface area contributed by atoms with Crippen LogP contribution in [0.4, 0.5) is 11.5 Å². The van der Waals surface area contributed by atoms with Gasteiger partial charge in [0.15, 0.2) is 11.5 Å². The second-order valence-electron chi connectivity index (χ2n) is 9.78. The number of fused-ring (bicyclic) bond motifs is 2. The molecule has 0 bridgehead atoms. The smallest absolute Gasteiger partial charge is 0.254 e. The van der Waals surface area contributed by atoms with E-state index in [4.69, 9.17) is 9.72 Å². The lowest BCUT2D eigenvalue weighted by Crippen LogP contribution is -2.40. The SMILES string of the molecule is O=C(c1ccc(Nc2nc(-c3cccc4c3ccn4C(=O)C3CC3)cn3ccnc23)cc1)N1CCOCC1. The number of anilines is 2. The Hall–Kier alpha value is -4.50. The molecule has 5 aromatic rings. The van der Waals surface area contributed by atoms with Gasteiger partial charge in [-0.05, 0) is 49.2 Å². The van der Waals surface area contributed by atoms with E-state index in [9.17, 15) is 9.59 Å². The number of morpholine rings is 1. The molecular weight excluding hydrogens is 480 g/mol. The normalized spacial score (nSPS) is 15.7. The molecule has 0 spiro atoms. The molecule has 3 aromatic heterocycles. The molecule has 2 fully saturated rings. The van der Waals surface area contributed by atoms with Gasteiger partial charge in [-0.15, -0.1) is 0 Å². The maximum Gasteiger partial charge on any atom is 0.254 e. The highest BCUT2D eigenvalue weighted by atomic mass is 16.5. The Morgan fingerprint density at radius 3 is 2.58 bits per heavy atom. The maximum atomic E-state index is 12.8. The first-order valence-electron chi connectivity index (χ1n) is 12.9. The monoisotopic (exact) mass is 506 g/mol. The summed E-state index contributed by atoms with van der Waals surface area (Å²) in [6, 6.07) is 15.4. The summed E-state index contributed by atoms with van der Waals surface area (Å²) in [5.74, 6) is 0.912. The molecule has 38 heavy (non-hydrogen) atoms. The number of benzene rings is 2. The van der Waals surface area contributed by atoms with Crippen LogP contribution in [-0.4, -0.2) is 62.0 Å². The molecule has 1 N–H and O–H groups in total. The van der Waals surface area contributed by atoms with E-state index in [1.807, 2.05) is 76.4 Å². The number of carbonyl (C=O) groups is 2. The van der Waals surface area contributed by atoms with Crippen molar-refractivity contribution < 1.29 is 14.3 Å². The molecule has 4 heterocycles. The number of hydrogen-bond acceptors (Lipinski definition) is 6. The molecule has 1 aliphatic carbocycles. The minimum Gasteiger partial charge on any atom is -0.378 e. The Labute approximate surface area is 218 Å². The van der Waals surface area contributed by atoms with E-state index >= 15 is 0 Å². The van der Waals surface area contributed by atoms with Gasteiger partial charge in [0, 0.05) is 66.0 Å². The van der Waals surface area contributed by atoms with Crippen molar-refractivity contribution in [2.75, 3.05) is 31.6 Å². The van der Waals surface area contributed by atoms with E-state index in [-0.39, 0.29) is 17.7 Å². The van der Waals surface area contributed by atoms with Crippen LogP contribution in [0.25, 0.3) is 27.8 Å². The summed E-state index contributed by atoms with van der Waals surface area (Å²) in [5.41, 5.74) is 4.73. The van der Waals surface area contributed by atoms with E-state index < -0.39 is 0 Å². The number of imidazole rings is 1. The first-order valence-corrected chi connectivity index (χ1v) is 12.9. The van der Waals surface area contributed by atoms with Crippen molar-refractivity contribution in [2.45, 2.75) is 12.8 Å². The zero-order valence-electron chi connectivity index (χ0n) is 20.7. The molecular formula is C29H26N6O3. The summed E-state index contributed by atoms with van der Waals surface area (Å²) in [6.45, 7) is 2.36. The third-order valence-electron chi connectivity index (χ3n) is 7.24. The fourth-order valence-electron chi connectivity index (χ4n) is 5.04. The molecule has 1 amide bonds. The molecule has 0 radical (unpaired) electrons. The molecule has 9 nitrogen and oxygen atoms in total. The highest BCUT2D eigenvalue weighted by molar-refractivity contribution is 6.01. The molecule has 1 saturated carbocycles. The lowest BCUT2D eigenvalue weighted by molar-refractivity contribution is 0.0303. The van der Waals surface area contributed by atoms with E-state index in [1.165, 1.54) is 0 Å². The second kappa shape index (κ2) is 9.11. The Morgan fingerprint density at radius 2 is 1.79 bits per heavy atom. The molecule has 1 aliphatic heterocycles. The third kappa shape index (κ3) is 4.01. The molecule has 0 unspecified atom stereocenters. The Bertz CT molecular complexity index is 1680. The number of hydrogen-bond donors (Lipinski definition) is 1. The van der Waals surface area contributed by atoms with Crippen LogP contribution >= 0.6 is 0 Å². The molecule has 190 valence electrons. The average molecular weight is 507 g/mol. The predicted octanol–water partition coefficient (Wildman–Crippen LogP) is 4.62. The van der Waals surface area contributed by atoms with Gasteiger partial charge >= 0.3 is 0 Å². The Balaban J connectivity index is 1.21. The zero-order valence-corrected chi connectivity index (χ0v) is 20.7. The lowest BCUT2D eigenvalue weighted by atomic mass is 10.1. The van der Waals surface area contributed by atoms with Gasteiger partial charge in [-0.3, -0.25) is 14.2 Å². The molecule has 1 saturated heterocycles. The van der Waals surface area contributed by atoms with Gasteiger partial charge in [0.1, 0.15) is 0 Å². The summed E-state index contributed by atoms with van der Waals surface area (Å²) in [7, 11) is 0. The molecule has 0 atom stereocenters. The average Bonchev–Trinajstić information content (AvgIpc) is 3.54. The number of ether oxygens (including phenoxy) is 1. The number of rotatable bonds is 5. The van der Waals surface area contributed by atoms with Crippen molar-refractivity contribution in [1.82, 2.24) is 23.8 Å². The van der Waals surface area contributed by atoms with Crippen LogP contribution in [-0.2, 0) is 4.74 Å². The van der Waals surface area contributed by atoms with Crippen LogP contribution < -0.4 is 5.32 Å². The Morgan fingerprint density at radius 1 is 0.974 bits per heavy atom. The fourth-order valence-corrected chi connectivity index (χ4v) is 5.04. The van der Waals surface area contributed by atoms with Gasteiger partial charge < -0.3 is 19.4 Å². The van der Waals surface area contributed by atoms with Gasteiger partial charge in [-0.25, -0.2) is 9.97 Å². The molecule has 2 aliphatic rings. The van der Waals surface area contributed by atoms with Crippen molar-refractivity contribution in [3.63, 3.8) is 0 Å². The van der Waals surface area contributed by atoms with Crippen LogP contribution in [0.5, 0.6) is 0 Å². The number of aromatic nitrogens is 4. The highest BCUT2D eigenvalue weighted by Gasteiger charge is 2.31. The van der Waals surface area contributed by atoms with Gasteiger partial charge in [0.2, 0.25) is 5.91 Å². The van der Waals surface area contributed by atoms with Crippen LogP contribution in [0.3, 0.4) is 0 Å². The first kappa shape index (κ1) is 22.7. The van der Waals surface area contributed by atoms with Crippen molar-refractivity contribution in [1.29, 1.82) is 0 Å². The third-order valence-corrected chi connectivity index (χ3v) is 7.24. The van der Waals surface area contributed by atoms with Gasteiger partial charge in [-0.1, -0.05) is 12.1 Å². The van der Waals surface area contributed by atoms with E-state index in [0.29, 0.717) is 43.3 Å². The maximum absolute atomic E-state index is 12.8. The topological polar surface area (TPSA) is 93.8 Å². The number of carbonyl (C=O) groups excluding carboxylic acids is 2. The minimum atomic E-state index is 0.0100. The van der Waals surface area contributed by atoms with Crippen LogP contribution in [0, 0.1) is 5.92 Å². The highest BCUT2D eigenvalue weighted by Crippen LogP contribution is 2.35. The summed E-state index contributed by atoms with van der Waals surface area (Å²) in [4.78, 5) is 36.8.